The van der Waals surface area contributed by atoms with E-state index >= 15 is 0 Å². The highest BCUT2D eigenvalue weighted by Crippen LogP contribution is 2.30. The highest BCUT2D eigenvalue weighted by molar-refractivity contribution is 7.13. The van der Waals surface area contributed by atoms with Crippen LogP contribution in [0.4, 0.5) is 0 Å². The lowest BCUT2D eigenvalue weighted by Gasteiger charge is -2.35. The number of nitrogens with one attached hydrogen (secondary N) is 1. The molecule has 116 valence electrons. The van der Waals surface area contributed by atoms with Crippen molar-refractivity contribution in [2.45, 2.75) is 43.8 Å². The molecule has 4 rings (SSSR count). The van der Waals surface area contributed by atoms with Crippen molar-refractivity contribution in [3.63, 3.8) is 0 Å². The van der Waals surface area contributed by atoms with Crippen LogP contribution in [0.5, 0.6) is 0 Å². The van der Waals surface area contributed by atoms with E-state index < -0.39 is 0 Å². The molecule has 0 aromatic carbocycles. The fourth-order valence-corrected chi connectivity index (χ4v) is 4.27. The third-order valence-corrected chi connectivity index (χ3v) is 5.69. The first-order valence-corrected chi connectivity index (χ1v) is 8.62. The van der Waals surface area contributed by atoms with E-state index in [1.165, 1.54) is 12.8 Å². The molecule has 2 atom stereocenters. The zero-order chi connectivity index (χ0) is 15.1. The summed E-state index contributed by atoms with van der Waals surface area (Å²) in [6.45, 7) is 0. The molecule has 0 spiro atoms. The molecule has 22 heavy (non-hydrogen) atoms. The van der Waals surface area contributed by atoms with Gasteiger partial charge in [-0.3, -0.25) is 4.79 Å². The second-order valence-electron chi connectivity index (χ2n) is 6.23. The second kappa shape index (κ2) is 5.52. The topological polar surface area (TPSA) is 58.4 Å². The molecule has 2 unspecified atom stereocenters. The van der Waals surface area contributed by atoms with E-state index in [0.29, 0.717) is 29.6 Å². The van der Waals surface area contributed by atoms with Gasteiger partial charge < -0.3 is 14.7 Å². The van der Waals surface area contributed by atoms with E-state index in [0.717, 1.165) is 17.7 Å². The van der Waals surface area contributed by atoms with Crippen LogP contribution in [0.2, 0.25) is 0 Å². The van der Waals surface area contributed by atoms with Gasteiger partial charge in [0.1, 0.15) is 0 Å². The van der Waals surface area contributed by atoms with Gasteiger partial charge in [0.15, 0.2) is 11.5 Å². The molecule has 4 heterocycles. The maximum atomic E-state index is 12.6. The highest BCUT2D eigenvalue weighted by atomic mass is 32.1. The van der Waals surface area contributed by atoms with E-state index in [1.54, 1.807) is 17.4 Å². The van der Waals surface area contributed by atoms with E-state index in [2.05, 4.69) is 10.5 Å². The summed E-state index contributed by atoms with van der Waals surface area (Å²) in [5, 5.41) is 9.55. The number of carbonyl (C=O) groups is 1. The zero-order valence-electron chi connectivity index (χ0n) is 12.5. The van der Waals surface area contributed by atoms with E-state index in [1.807, 2.05) is 29.5 Å². The average Bonchev–Trinajstić information content (AvgIpc) is 3.25. The molecule has 1 amide bonds. The van der Waals surface area contributed by atoms with Crippen LogP contribution in [-0.2, 0) is 0 Å². The molecule has 0 radical (unpaired) electrons. The van der Waals surface area contributed by atoms with Crippen molar-refractivity contribution in [2.24, 2.45) is 0 Å². The van der Waals surface area contributed by atoms with Crippen LogP contribution < -0.4 is 5.32 Å². The van der Waals surface area contributed by atoms with Crippen molar-refractivity contribution < 1.29 is 9.32 Å². The third kappa shape index (κ3) is 2.46. The lowest BCUT2D eigenvalue weighted by Crippen LogP contribution is -2.48. The minimum Gasteiger partial charge on any atom is -0.355 e. The van der Waals surface area contributed by atoms with Gasteiger partial charge in [-0.1, -0.05) is 11.2 Å². The van der Waals surface area contributed by atoms with E-state index in [9.17, 15) is 4.79 Å². The van der Waals surface area contributed by atoms with Crippen molar-refractivity contribution in [3.8, 4) is 10.6 Å². The maximum Gasteiger partial charge on any atom is 0.276 e. The van der Waals surface area contributed by atoms with Crippen LogP contribution in [0.3, 0.4) is 0 Å². The number of piperidine rings is 1. The Hall–Kier alpha value is -1.66. The summed E-state index contributed by atoms with van der Waals surface area (Å²) in [7, 11) is 1.89. The Kier molecular flexibility index (Phi) is 3.50. The van der Waals surface area contributed by atoms with Crippen LogP contribution in [0.15, 0.2) is 28.1 Å². The number of thiophene rings is 1. The summed E-state index contributed by atoms with van der Waals surface area (Å²) in [6, 6.07) is 7.11. The van der Waals surface area contributed by atoms with Crippen LogP contribution in [0.25, 0.3) is 10.6 Å². The normalized spacial score (nSPS) is 27.0. The molecular formula is C16H19N3O2S. The van der Waals surface area contributed by atoms with Crippen LogP contribution in [0.1, 0.15) is 36.2 Å². The summed E-state index contributed by atoms with van der Waals surface area (Å²) < 4.78 is 5.32. The van der Waals surface area contributed by atoms with Crippen molar-refractivity contribution in [2.75, 3.05) is 7.05 Å². The molecule has 2 aliphatic rings. The Morgan fingerprint density at radius 1 is 1.41 bits per heavy atom. The molecule has 6 heteroatoms. The fraction of sp³-hybridized carbons (Fsp3) is 0.500. The molecule has 2 fully saturated rings. The number of fused-ring (bicyclic) bond motifs is 2. The van der Waals surface area contributed by atoms with Crippen LogP contribution in [-0.4, -0.2) is 41.1 Å². The van der Waals surface area contributed by atoms with Gasteiger partial charge in [0, 0.05) is 31.2 Å². The van der Waals surface area contributed by atoms with Crippen LogP contribution >= 0.6 is 11.3 Å². The number of hydrogen-bond donors (Lipinski definition) is 1. The quantitative estimate of drug-likeness (QED) is 0.945. The first kappa shape index (κ1) is 14.0. The molecule has 2 bridgehead atoms. The molecule has 2 saturated heterocycles. The number of hydrogen-bond acceptors (Lipinski definition) is 5. The Morgan fingerprint density at radius 3 is 2.86 bits per heavy atom. The first-order chi connectivity index (χ1) is 10.7. The predicted octanol–water partition coefficient (Wildman–Crippen LogP) is 2.76. The molecule has 1 N–H and O–H groups in total. The lowest BCUT2D eigenvalue weighted by molar-refractivity contribution is 0.0671. The minimum atomic E-state index is -0.0437. The number of carbonyl (C=O) groups excluding carboxylic acids is 1. The number of nitrogens with zero attached hydrogens (tertiary/aromatic N) is 2. The summed E-state index contributed by atoms with van der Waals surface area (Å²) in [5.41, 5.74) is 0.400. The Labute approximate surface area is 133 Å². The standard InChI is InChI=1S/C16H19N3O2S/c1-19(12-7-10-4-5-11(8-12)17-10)16(20)13-9-14(21-18-13)15-3-2-6-22-15/h2-3,6,9-12,17H,4-5,7-8H2,1H3. The Bertz CT molecular complexity index is 655. The second-order valence-corrected chi connectivity index (χ2v) is 7.18. The number of amides is 1. The molecule has 5 nitrogen and oxygen atoms in total. The molecule has 0 saturated carbocycles. The summed E-state index contributed by atoms with van der Waals surface area (Å²) in [5.74, 6) is 0.620. The fourth-order valence-electron chi connectivity index (χ4n) is 3.60. The number of aromatic nitrogens is 1. The number of rotatable bonds is 3. The molecule has 2 aromatic rings. The summed E-state index contributed by atoms with van der Waals surface area (Å²) >= 11 is 1.58. The maximum absolute atomic E-state index is 12.6. The average molecular weight is 317 g/mol. The van der Waals surface area contributed by atoms with E-state index in [-0.39, 0.29) is 5.91 Å². The van der Waals surface area contributed by atoms with Gasteiger partial charge in [0.25, 0.3) is 5.91 Å². The Morgan fingerprint density at radius 2 is 2.18 bits per heavy atom. The van der Waals surface area contributed by atoms with Gasteiger partial charge >= 0.3 is 0 Å². The monoisotopic (exact) mass is 317 g/mol. The lowest BCUT2D eigenvalue weighted by atomic mass is 9.98. The minimum absolute atomic E-state index is 0.0437. The van der Waals surface area contributed by atoms with Crippen molar-refractivity contribution in [3.05, 3.63) is 29.3 Å². The Balaban J connectivity index is 1.49. The van der Waals surface area contributed by atoms with Gasteiger partial charge in [-0.2, -0.15) is 0 Å². The molecule has 2 aromatic heterocycles. The predicted molar refractivity (Wildman–Crippen MR) is 84.9 cm³/mol. The molecule has 2 aliphatic heterocycles. The molecular weight excluding hydrogens is 298 g/mol. The smallest absolute Gasteiger partial charge is 0.276 e. The van der Waals surface area contributed by atoms with Crippen molar-refractivity contribution >= 4 is 17.2 Å². The van der Waals surface area contributed by atoms with Gasteiger partial charge in [-0.05, 0) is 37.1 Å². The largest absolute Gasteiger partial charge is 0.355 e. The van der Waals surface area contributed by atoms with Crippen LogP contribution in [0, 0.1) is 0 Å². The third-order valence-electron chi connectivity index (χ3n) is 4.81. The zero-order valence-corrected chi connectivity index (χ0v) is 13.3. The SMILES string of the molecule is CN(C(=O)c1cc(-c2cccs2)on1)C1CC2CCC(C1)N2. The summed E-state index contributed by atoms with van der Waals surface area (Å²) in [4.78, 5) is 15.5. The van der Waals surface area contributed by atoms with E-state index in [4.69, 9.17) is 4.52 Å². The van der Waals surface area contributed by atoms with Gasteiger partial charge in [-0.25, -0.2) is 0 Å². The first-order valence-electron chi connectivity index (χ1n) is 7.74. The highest BCUT2D eigenvalue weighted by Gasteiger charge is 2.37. The van der Waals surface area contributed by atoms with Gasteiger partial charge in [0.05, 0.1) is 4.88 Å². The van der Waals surface area contributed by atoms with Gasteiger partial charge in [0.2, 0.25) is 0 Å². The molecule has 0 aliphatic carbocycles. The van der Waals surface area contributed by atoms with Crippen molar-refractivity contribution in [1.82, 2.24) is 15.4 Å². The summed E-state index contributed by atoms with van der Waals surface area (Å²) in [6.07, 6.45) is 4.54. The van der Waals surface area contributed by atoms with Crippen molar-refractivity contribution in [1.29, 1.82) is 0 Å². The van der Waals surface area contributed by atoms with Gasteiger partial charge in [-0.15, -0.1) is 11.3 Å².